The third-order valence-electron chi connectivity index (χ3n) is 8.73. The van der Waals surface area contributed by atoms with Gasteiger partial charge < -0.3 is 29.6 Å². The summed E-state index contributed by atoms with van der Waals surface area (Å²) in [5, 5.41) is 8.85. The first-order chi connectivity index (χ1) is 20.1. The standard InChI is InChI=1S/C31H34N10/c1-38-9-13-40(14-10-38)21-4-7-25-27(18-21)34-30(32-25)20-3-6-24-23(17-20)29(37-36-24)31-33-26-8-5-22(19-28(26)35-31)41-15-11-39(2)12-16-41/h3-8,17-19H,9-16H2,1-2H3,(H,32,34)(H,33,35)(H,36,37). The molecule has 2 aliphatic heterocycles. The van der Waals surface area contributed by atoms with Gasteiger partial charge in [0.25, 0.3) is 0 Å². The van der Waals surface area contributed by atoms with Crippen molar-refractivity contribution in [3.63, 3.8) is 0 Å². The molecule has 0 amide bonds. The number of benzene rings is 3. The molecule has 3 aromatic carbocycles. The van der Waals surface area contributed by atoms with Crippen LogP contribution < -0.4 is 9.80 Å². The van der Waals surface area contributed by atoms with Crippen LogP contribution in [0.5, 0.6) is 0 Å². The number of aromatic amines is 3. The van der Waals surface area contributed by atoms with Crippen LogP contribution in [0.15, 0.2) is 54.6 Å². The predicted molar refractivity (Wildman–Crippen MR) is 166 cm³/mol. The van der Waals surface area contributed by atoms with Gasteiger partial charge in [0.2, 0.25) is 0 Å². The molecule has 8 rings (SSSR count). The number of anilines is 2. The normalized spacial score (nSPS) is 17.4. The molecule has 41 heavy (non-hydrogen) atoms. The van der Waals surface area contributed by atoms with Gasteiger partial charge in [0.15, 0.2) is 5.82 Å². The van der Waals surface area contributed by atoms with Crippen molar-refractivity contribution in [2.24, 2.45) is 0 Å². The molecule has 3 N–H and O–H groups in total. The topological polar surface area (TPSA) is 99.0 Å². The van der Waals surface area contributed by atoms with Crippen molar-refractivity contribution in [2.45, 2.75) is 0 Å². The van der Waals surface area contributed by atoms with Gasteiger partial charge in [-0.05, 0) is 68.7 Å². The maximum atomic E-state index is 4.92. The van der Waals surface area contributed by atoms with Gasteiger partial charge in [-0.25, -0.2) is 9.97 Å². The minimum Gasteiger partial charge on any atom is -0.369 e. The summed E-state index contributed by atoms with van der Waals surface area (Å²) in [5.74, 6) is 1.62. The van der Waals surface area contributed by atoms with E-state index in [0.717, 1.165) is 108 Å². The van der Waals surface area contributed by atoms with Crippen molar-refractivity contribution in [1.82, 2.24) is 39.9 Å². The molecule has 2 aliphatic rings. The molecule has 6 aromatic rings. The Hall–Kier alpha value is -4.41. The second kappa shape index (κ2) is 9.60. The Morgan fingerprint density at radius 1 is 0.585 bits per heavy atom. The van der Waals surface area contributed by atoms with Crippen LogP contribution >= 0.6 is 0 Å². The number of fused-ring (bicyclic) bond motifs is 3. The van der Waals surface area contributed by atoms with Gasteiger partial charge in [-0.3, -0.25) is 5.10 Å². The highest BCUT2D eigenvalue weighted by Crippen LogP contribution is 2.32. The first-order valence-electron chi connectivity index (χ1n) is 14.4. The van der Waals surface area contributed by atoms with Crippen LogP contribution in [-0.4, -0.2) is 106 Å². The van der Waals surface area contributed by atoms with E-state index in [4.69, 9.17) is 9.97 Å². The Morgan fingerprint density at radius 3 is 1.76 bits per heavy atom. The molecule has 10 heteroatoms. The number of piperazine rings is 2. The average Bonchev–Trinajstić information content (AvgIpc) is 3.73. The Morgan fingerprint density at radius 2 is 1.15 bits per heavy atom. The number of imidazole rings is 2. The quantitative estimate of drug-likeness (QED) is 0.306. The third kappa shape index (κ3) is 4.39. The maximum Gasteiger partial charge on any atom is 0.159 e. The summed E-state index contributed by atoms with van der Waals surface area (Å²) in [4.78, 5) is 26.6. The van der Waals surface area contributed by atoms with E-state index < -0.39 is 0 Å². The fourth-order valence-electron chi connectivity index (χ4n) is 6.11. The minimum absolute atomic E-state index is 0.764. The Balaban J connectivity index is 1.11. The third-order valence-corrected chi connectivity index (χ3v) is 8.73. The van der Waals surface area contributed by atoms with Crippen LogP contribution in [0.25, 0.3) is 55.9 Å². The van der Waals surface area contributed by atoms with Crippen LogP contribution in [0.2, 0.25) is 0 Å². The molecule has 0 radical (unpaired) electrons. The Bertz CT molecular complexity index is 1860. The summed E-state index contributed by atoms with van der Waals surface area (Å²) in [6, 6.07) is 19.3. The zero-order valence-electron chi connectivity index (χ0n) is 23.5. The highest BCUT2D eigenvalue weighted by atomic mass is 15.3. The highest BCUT2D eigenvalue weighted by Gasteiger charge is 2.19. The number of hydrogen-bond donors (Lipinski definition) is 3. The lowest BCUT2D eigenvalue weighted by molar-refractivity contribution is 0.313. The second-order valence-corrected chi connectivity index (χ2v) is 11.5. The maximum absolute atomic E-state index is 4.92. The Kier molecular flexibility index (Phi) is 5.71. The van der Waals surface area contributed by atoms with Gasteiger partial charge in [0.05, 0.1) is 27.6 Å². The molecule has 0 unspecified atom stereocenters. The molecular formula is C31H34N10. The van der Waals surface area contributed by atoms with Crippen LogP contribution in [0.1, 0.15) is 0 Å². The number of aromatic nitrogens is 6. The molecule has 2 saturated heterocycles. The number of rotatable bonds is 4. The van der Waals surface area contributed by atoms with Gasteiger partial charge in [-0.1, -0.05) is 0 Å². The van der Waals surface area contributed by atoms with Crippen LogP contribution in [0.3, 0.4) is 0 Å². The minimum atomic E-state index is 0.764. The van der Waals surface area contributed by atoms with E-state index in [1.54, 1.807) is 0 Å². The molecule has 0 saturated carbocycles. The van der Waals surface area contributed by atoms with Gasteiger partial charge in [-0.2, -0.15) is 5.10 Å². The van der Waals surface area contributed by atoms with Crippen LogP contribution in [-0.2, 0) is 0 Å². The van der Waals surface area contributed by atoms with Crippen LogP contribution in [0, 0.1) is 0 Å². The van der Waals surface area contributed by atoms with Crippen molar-refractivity contribution in [1.29, 1.82) is 0 Å². The van der Waals surface area contributed by atoms with Crippen LogP contribution in [0.4, 0.5) is 11.4 Å². The zero-order valence-corrected chi connectivity index (χ0v) is 23.5. The molecular weight excluding hydrogens is 512 g/mol. The number of nitrogens with zero attached hydrogens (tertiary/aromatic N) is 7. The SMILES string of the molecule is CN1CCN(c2ccc3nc(-c4ccc5[nH]nc(-c6nc7ccc(N8CCN(C)CC8)cc7[nH]6)c5c4)[nH]c3c2)CC1. The number of likely N-dealkylation sites (N-methyl/N-ethyl adjacent to an activating group) is 2. The zero-order chi connectivity index (χ0) is 27.5. The largest absolute Gasteiger partial charge is 0.369 e. The number of nitrogens with one attached hydrogen (secondary N) is 3. The highest BCUT2D eigenvalue weighted by molar-refractivity contribution is 5.96. The van der Waals surface area contributed by atoms with Gasteiger partial charge in [0, 0.05) is 74.7 Å². The fraction of sp³-hybridized carbons (Fsp3) is 0.323. The van der Waals surface area contributed by atoms with Crippen molar-refractivity contribution in [3.05, 3.63) is 54.6 Å². The first kappa shape index (κ1) is 24.4. The molecule has 0 atom stereocenters. The molecule has 3 aromatic heterocycles. The summed E-state index contributed by atoms with van der Waals surface area (Å²) >= 11 is 0. The summed E-state index contributed by atoms with van der Waals surface area (Å²) in [6.07, 6.45) is 0. The van der Waals surface area contributed by atoms with E-state index in [2.05, 4.69) is 108 Å². The number of H-pyrrole nitrogens is 3. The lowest BCUT2D eigenvalue weighted by Gasteiger charge is -2.34. The Labute approximate surface area is 238 Å². The smallest absolute Gasteiger partial charge is 0.159 e. The lowest BCUT2D eigenvalue weighted by atomic mass is 10.1. The molecule has 5 heterocycles. The number of hydrogen-bond acceptors (Lipinski definition) is 7. The van der Waals surface area contributed by atoms with Gasteiger partial charge in [-0.15, -0.1) is 0 Å². The van der Waals surface area contributed by atoms with Gasteiger partial charge in [0.1, 0.15) is 11.5 Å². The van der Waals surface area contributed by atoms with E-state index in [9.17, 15) is 0 Å². The summed E-state index contributed by atoms with van der Waals surface area (Å²) in [7, 11) is 4.37. The summed E-state index contributed by atoms with van der Waals surface area (Å²) < 4.78 is 0. The van der Waals surface area contributed by atoms with E-state index in [1.165, 1.54) is 11.4 Å². The van der Waals surface area contributed by atoms with Crippen molar-refractivity contribution >= 4 is 44.3 Å². The van der Waals surface area contributed by atoms with Crippen molar-refractivity contribution < 1.29 is 0 Å². The molecule has 0 aliphatic carbocycles. The van der Waals surface area contributed by atoms with E-state index in [0.29, 0.717) is 0 Å². The van der Waals surface area contributed by atoms with Gasteiger partial charge >= 0.3 is 0 Å². The lowest BCUT2D eigenvalue weighted by Crippen LogP contribution is -2.44. The molecule has 208 valence electrons. The monoisotopic (exact) mass is 546 g/mol. The van der Waals surface area contributed by atoms with Crippen molar-refractivity contribution in [2.75, 3.05) is 76.3 Å². The molecule has 2 fully saturated rings. The van der Waals surface area contributed by atoms with Crippen molar-refractivity contribution in [3.8, 4) is 22.9 Å². The van der Waals surface area contributed by atoms with E-state index in [-0.39, 0.29) is 0 Å². The molecule has 0 bridgehead atoms. The molecule has 0 spiro atoms. The second-order valence-electron chi connectivity index (χ2n) is 11.5. The predicted octanol–water partition coefficient (Wildman–Crippen LogP) is 4.15. The summed E-state index contributed by atoms with van der Waals surface area (Å²) in [6.45, 7) is 8.49. The van der Waals surface area contributed by atoms with E-state index in [1.807, 2.05) is 0 Å². The van der Waals surface area contributed by atoms with E-state index >= 15 is 0 Å². The molecule has 10 nitrogen and oxygen atoms in total. The average molecular weight is 547 g/mol. The fourth-order valence-corrected chi connectivity index (χ4v) is 6.11. The summed E-state index contributed by atoms with van der Waals surface area (Å²) in [5.41, 5.74) is 9.27. The first-order valence-corrected chi connectivity index (χ1v) is 14.4.